The molecular formula is C11H20Si. The van der Waals surface area contributed by atoms with Crippen LogP contribution in [0.4, 0.5) is 0 Å². The SMILES string of the molecule is C[SiH](C)C1C=CC(C(C)(C)C)=C1. The van der Waals surface area contributed by atoms with Gasteiger partial charge in [-0.15, -0.1) is 0 Å². The van der Waals surface area contributed by atoms with E-state index in [1.807, 2.05) is 0 Å². The van der Waals surface area contributed by atoms with Crippen LogP contribution in [0.5, 0.6) is 0 Å². The molecule has 68 valence electrons. The molecule has 0 aromatic rings. The molecule has 0 fully saturated rings. The van der Waals surface area contributed by atoms with Crippen molar-refractivity contribution in [2.75, 3.05) is 0 Å². The maximum absolute atomic E-state index is 2.47. The highest BCUT2D eigenvalue weighted by atomic mass is 28.3. The third kappa shape index (κ3) is 2.10. The minimum absolute atomic E-state index is 0.342. The maximum atomic E-state index is 2.47. The first-order valence-electron chi connectivity index (χ1n) is 4.82. The van der Waals surface area contributed by atoms with Crippen molar-refractivity contribution in [3.63, 3.8) is 0 Å². The van der Waals surface area contributed by atoms with Gasteiger partial charge in [0.15, 0.2) is 0 Å². The lowest BCUT2D eigenvalue weighted by Crippen LogP contribution is -2.08. The zero-order chi connectivity index (χ0) is 9.35. The van der Waals surface area contributed by atoms with Crippen molar-refractivity contribution < 1.29 is 0 Å². The molecule has 0 aromatic carbocycles. The molecule has 1 aliphatic carbocycles. The van der Waals surface area contributed by atoms with Crippen molar-refractivity contribution in [2.24, 2.45) is 5.41 Å². The van der Waals surface area contributed by atoms with Crippen molar-refractivity contribution in [3.8, 4) is 0 Å². The van der Waals surface area contributed by atoms with E-state index in [1.54, 1.807) is 0 Å². The van der Waals surface area contributed by atoms with Crippen LogP contribution < -0.4 is 0 Å². The molecule has 1 aliphatic rings. The normalized spacial score (nSPS) is 23.5. The second-order valence-corrected chi connectivity index (χ2v) is 8.31. The summed E-state index contributed by atoms with van der Waals surface area (Å²) in [5.74, 6) is 0. The molecule has 0 aromatic heterocycles. The van der Waals surface area contributed by atoms with Crippen molar-refractivity contribution >= 4 is 8.80 Å². The molecule has 0 saturated carbocycles. The van der Waals surface area contributed by atoms with Gasteiger partial charge in [-0.05, 0) is 16.5 Å². The predicted molar refractivity (Wildman–Crippen MR) is 59.3 cm³/mol. The predicted octanol–water partition coefficient (Wildman–Crippen LogP) is 3.39. The Morgan fingerprint density at radius 1 is 1.25 bits per heavy atom. The summed E-state index contributed by atoms with van der Waals surface area (Å²) in [5.41, 5.74) is 2.67. The molecule has 1 heteroatoms. The Bertz CT molecular complexity index is 216. The fourth-order valence-corrected chi connectivity index (χ4v) is 2.60. The van der Waals surface area contributed by atoms with Gasteiger partial charge in [0.2, 0.25) is 0 Å². The lowest BCUT2D eigenvalue weighted by Gasteiger charge is -2.18. The summed E-state index contributed by atoms with van der Waals surface area (Å²) in [6.07, 6.45) is 7.17. The van der Waals surface area contributed by atoms with Gasteiger partial charge in [0.25, 0.3) is 0 Å². The molecule has 0 nitrogen and oxygen atoms in total. The molecule has 0 spiro atoms. The first kappa shape index (κ1) is 9.78. The van der Waals surface area contributed by atoms with Gasteiger partial charge in [-0.2, -0.15) is 0 Å². The van der Waals surface area contributed by atoms with Gasteiger partial charge in [-0.1, -0.05) is 52.1 Å². The van der Waals surface area contributed by atoms with Gasteiger partial charge < -0.3 is 0 Å². The van der Waals surface area contributed by atoms with Crippen LogP contribution in [0.2, 0.25) is 18.6 Å². The molecule has 0 N–H and O–H groups in total. The van der Waals surface area contributed by atoms with Crippen molar-refractivity contribution in [2.45, 2.75) is 39.4 Å². The average molecular weight is 180 g/mol. The van der Waals surface area contributed by atoms with Crippen LogP contribution in [0.25, 0.3) is 0 Å². The van der Waals surface area contributed by atoms with Crippen LogP contribution >= 0.6 is 0 Å². The fraction of sp³-hybridized carbons (Fsp3) is 0.636. The van der Waals surface area contributed by atoms with E-state index >= 15 is 0 Å². The Morgan fingerprint density at radius 3 is 2.08 bits per heavy atom. The molecule has 1 atom stereocenters. The van der Waals surface area contributed by atoms with Gasteiger partial charge in [0.05, 0.1) is 0 Å². The van der Waals surface area contributed by atoms with Crippen molar-refractivity contribution in [1.29, 1.82) is 0 Å². The molecule has 0 heterocycles. The minimum Gasteiger partial charge on any atom is -0.0804 e. The van der Waals surface area contributed by atoms with Gasteiger partial charge >= 0.3 is 0 Å². The van der Waals surface area contributed by atoms with Crippen LogP contribution in [0, 0.1) is 5.41 Å². The van der Waals surface area contributed by atoms with E-state index in [0.717, 1.165) is 5.54 Å². The van der Waals surface area contributed by atoms with E-state index in [1.165, 1.54) is 5.57 Å². The second-order valence-electron chi connectivity index (χ2n) is 5.05. The van der Waals surface area contributed by atoms with Crippen molar-refractivity contribution in [3.05, 3.63) is 23.8 Å². The highest BCUT2D eigenvalue weighted by Crippen LogP contribution is 2.34. The molecule has 0 saturated heterocycles. The summed E-state index contributed by atoms with van der Waals surface area (Å²) in [4.78, 5) is 0. The van der Waals surface area contributed by atoms with Crippen LogP contribution in [-0.2, 0) is 0 Å². The van der Waals surface area contributed by atoms with Crippen LogP contribution in [0.3, 0.4) is 0 Å². The number of hydrogen-bond acceptors (Lipinski definition) is 0. The first-order chi connectivity index (χ1) is 5.41. The quantitative estimate of drug-likeness (QED) is 0.543. The molecule has 0 aliphatic heterocycles. The third-order valence-corrected chi connectivity index (χ3v) is 4.46. The van der Waals surface area contributed by atoms with E-state index in [0.29, 0.717) is 5.41 Å². The van der Waals surface area contributed by atoms with E-state index in [-0.39, 0.29) is 0 Å². The zero-order valence-corrected chi connectivity index (χ0v) is 10.0. The molecule has 0 amide bonds. The fourth-order valence-electron chi connectivity index (χ4n) is 1.45. The van der Waals surface area contributed by atoms with Gasteiger partial charge in [0, 0.05) is 8.80 Å². The van der Waals surface area contributed by atoms with E-state index < -0.39 is 8.80 Å². The molecule has 1 unspecified atom stereocenters. The Morgan fingerprint density at radius 2 is 1.83 bits per heavy atom. The van der Waals surface area contributed by atoms with Crippen molar-refractivity contribution in [1.82, 2.24) is 0 Å². The summed E-state index contributed by atoms with van der Waals surface area (Å²) < 4.78 is 0. The van der Waals surface area contributed by atoms with Crippen LogP contribution in [-0.4, -0.2) is 8.80 Å². The Balaban J connectivity index is 2.75. The summed E-state index contributed by atoms with van der Waals surface area (Å²) in [6.45, 7) is 11.7. The Hall–Kier alpha value is -0.303. The molecule has 12 heavy (non-hydrogen) atoms. The number of allylic oxidation sites excluding steroid dienone is 4. The first-order valence-corrected chi connectivity index (χ1v) is 7.79. The topological polar surface area (TPSA) is 0 Å². The smallest absolute Gasteiger partial charge is 0.0428 e. The van der Waals surface area contributed by atoms with Crippen LogP contribution in [0.1, 0.15) is 20.8 Å². The van der Waals surface area contributed by atoms with Gasteiger partial charge in [-0.25, -0.2) is 0 Å². The summed E-state index contributed by atoms with van der Waals surface area (Å²) >= 11 is 0. The molecule has 1 rings (SSSR count). The Kier molecular flexibility index (Phi) is 2.62. The number of hydrogen-bond donors (Lipinski definition) is 0. The average Bonchev–Trinajstić information content (AvgIpc) is 2.30. The van der Waals surface area contributed by atoms with E-state index in [4.69, 9.17) is 0 Å². The Labute approximate surface area is 78.0 Å². The van der Waals surface area contributed by atoms with Gasteiger partial charge in [0.1, 0.15) is 0 Å². The summed E-state index contributed by atoms with van der Waals surface area (Å²) in [6, 6.07) is 0. The third-order valence-electron chi connectivity index (χ3n) is 2.51. The van der Waals surface area contributed by atoms with Crippen LogP contribution in [0.15, 0.2) is 23.8 Å². The summed E-state index contributed by atoms with van der Waals surface area (Å²) in [5, 5.41) is 0. The lowest BCUT2D eigenvalue weighted by molar-refractivity contribution is 0.518. The standard InChI is InChI=1S/C11H20Si/c1-11(2,3)9-6-7-10(8-9)12(4)5/h6-8,10,12H,1-5H3. The maximum Gasteiger partial charge on any atom is 0.0428 e. The molecule has 0 radical (unpaired) electrons. The largest absolute Gasteiger partial charge is 0.0804 e. The second kappa shape index (κ2) is 3.21. The highest BCUT2D eigenvalue weighted by molar-refractivity contribution is 6.58. The molecule has 0 bridgehead atoms. The summed E-state index contributed by atoms with van der Waals surface area (Å²) in [7, 11) is -0.497. The van der Waals surface area contributed by atoms with E-state index in [9.17, 15) is 0 Å². The highest BCUT2D eigenvalue weighted by Gasteiger charge is 2.21. The lowest BCUT2D eigenvalue weighted by atomic mass is 9.87. The number of rotatable bonds is 1. The van der Waals surface area contributed by atoms with Gasteiger partial charge in [-0.3, -0.25) is 0 Å². The zero-order valence-electron chi connectivity index (χ0n) is 8.89. The minimum atomic E-state index is -0.497. The monoisotopic (exact) mass is 180 g/mol. The molecular weight excluding hydrogens is 160 g/mol. The van der Waals surface area contributed by atoms with E-state index in [2.05, 4.69) is 52.1 Å².